The van der Waals surface area contributed by atoms with E-state index in [1.54, 1.807) is 7.11 Å². The van der Waals surface area contributed by atoms with Crippen LogP contribution in [-0.4, -0.2) is 80.7 Å². The standard InChI is InChI=1S/C19H29N3O/c1-20-12-14-22(15-13-20)18-9-11-21(16-18)10-3-4-17-5-7-19(23-2)8-6-17/h3-8,18H,9-16H2,1-2H3/b4-3+/t18-/m1/s1. The van der Waals surface area contributed by atoms with Crippen LogP contribution >= 0.6 is 0 Å². The number of ether oxygens (including phenoxy) is 1. The molecule has 4 heteroatoms. The quantitative estimate of drug-likeness (QED) is 0.827. The third kappa shape index (κ3) is 4.56. The minimum atomic E-state index is 0.762. The maximum atomic E-state index is 5.19. The van der Waals surface area contributed by atoms with E-state index in [4.69, 9.17) is 4.74 Å². The molecule has 1 aromatic rings. The van der Waals surface area contributed by atoms with Crippen molar-refractivity contribution in [1.29, 1.82) is 0 Å². The SMILES string of the molecule is COc1ccc(/C=C/CN2CC[C@@H](N3CCN(C)CC3)C2)cc1. The number of likely N-dealkylation sites (N-methyl/N-ethyl adjacent to an activating group) is 1. The molecule has 3 rings (SSSR count). The van der Waals surface area contributed by atoms with Crippen LogP contribution in [0.5, 0.6) is 5.75 Å². The molecule has 2 fully saturated rings. The fourth-order valence-electron chi connectivity index (χ4n) is 3.52. The average Bonchev–Trinajstić information content (AvgIpc) is 3.05. The number of hydrogen-bond donors (Lipinski definition) is 0. The van der Waals surface area contributed by atoms with Gasteiger partial charge in [-0.2, -0.15) is 0 Å². The van der Waals surface area contributed by atoms with Gasteiger partial charge in [-0.1, -0.05) is 24.3 Å². The molecule has 126 valence electrons. The van der Waals surface area contributed by atoms with E-state index in [1.807, 2.05) is 12.1 Å². The molecule has 0 bridgehead atoms. The summed E-state index contributed by atoms with van der Waals surface area (Å²) in [7, 11) is 3.93. The summed E-state index contributed by atoms with van der Waals surface area (Å²) in [6, 6.07) is 8.99. The molecule has 0 saturated carbocycles. The summed E-state index contributed by atoms with van der Waals surface area (Å²) >= 11 is 0. The number of likely N-dealkylation sites (tertiary alicyclic amines) is 1. The molecule has 2 heterocycles. The molecule has 0 aliphatic carbocycles. The molecule has 1 atom stereocenters. The molecular formula is C19H29N3O. The van der Waals surface area contributed by atoms with Crippen LogP contribution in [0.25, 0.3) is 6.08 Å². The van der Waals surface area contributed by atoms with Crippen LogP contribution in [0.15, 0.2) is 30.3 Å². The van der Waals surface area contributed by atoms with E-state index >= 15 is 0 Å². The molecule has 2 aliphatic heterocycles. The maximum Gasteiger partial charge on any atom is 0.118 e. The summed E-state index contributed by atoms with van der Waals surface area (Å²) in [6.45, 7) is 8.39. The van der Waals surface area contributed by atoms with Gasteiger partial charge < -0.3 is 9.64 Å². The molecule has 0 amide bonds. The van der Waals surface area contributed by atoms with Gasteiger partial charge in [0.05, 0.1) is 7.11 Å². The Morgan fingerprint density at radius 2 is 1.83 bits per heavy atom. The van der Waals surface area contributed by atoms with Crippen molar-refractivity contribution in [3.05, 3.63) is 35.9 Å². The van der Waals surface area contributed by atoms with Crippen molar-refractivity contribution in [3.8, 4) is 5.75 Å². The normalized spacial score (nSPS) is 24.5. The Bertz CT molecular complexity index is 506. The lowest BCUT2D eigenvalue weighted by molar-refractivity contribution is 0.114. The molecule has 0 spiro atoms. The Morgan fingerprint density at radius 3 is 2.52 bits per heavy atom. The van der Waals surface area contributed by atoms with Crippen LogP contribution < -0.4 is 4.74 Å². The molecule has 0 unspecified atom stereocenters. The van der Waals surface area contributed by atoms with Crippen molar-refractivity contribution in [2.45, 2.75) is 12.5 Å². The Morgan fingerprint density at radius 1 is 1.09 bits per heavy atom. The van der Waals surface area contributed by atoms with E-state index in [0.29, 0.717) is 0 Å². The van der Waals surface area contributed by atoms with Crippen molar-refractivity contribution in [1.82, 2.24) is 14.7 Å². The van der Waals surface area contributed by atoms with E-state index in [9.17, 15) is 0 Å². The summed E-state index contributed by atoms with van der Waals surface area (Å²) in [5.41, 5.74) is 1.24. The summed E-state index contributed by atoms with van der Waals surface area (Å²) in [5.74, 6) is 0.914. The number of rotatable bonds is 5. The van der Waals surface area contributed by atoms with E-state index in [2.05, 4.69) is 46.0 Å². The van der Waals surface area contributed by atoms with E-state index in [1.165, 1.54) is 51.3 Å². The van der Waals surface area contributed by atoms with Crippen molar-refractivity contribution in [2.24, 2.45) is 0 Å². The number of benzene rings is 1. The second-order valence-corrected chi connectivity index (χ2v) is 6.72. The first-order valence-corrected chi connectivity index (χ1v) is 8.70. The van der Waals surface area contributed by atoms with Crippen LogP contribution in [-0.2, 0) is 0 Å². The van der Waals surface area contributed by atoms with Gasteiger partial charge in [0.1, 0.15) is 5.75 Å². The Balaban J connectivity index is 1.43. The van der Waals surface area contributed by atoms with Gasteiger partial charge in [0.2, 0.25) is 0 Å². The zero-order chi connectivity index (χ0) is 16.1. The number of piperazine rings is 1. The summed E-state index contributed by atoms with van der Waals surface area (Å²) in [6.07, 6.45) is 5.82. The monoisotopic (exact) mass is 315 g/mol. The first kappa shape index (κ1) is 16.5. The van der Waals surface area contributed by atoms with E-state index < -0.39 is 0 Å². The van der Waals surface area contributed by atoms with Crippen molar-refractivity contribution in [2.75, 3.05) is 60.0 Å². The predicted molar refractivity (Wildman–Crippen MR) is 95.9 cm³/mol. The smallest absolute Gasteiger partial charge is 0.118 e. The third-order valence-corrected chi connectivity index (χ3v) is 5.09. The van der Waals surface area contributed by atoms with Gasteiger partial charge in [0, 0.05) is 51.9 Å². The number of methoxy groups -OCH3 is 1. The lowest BCUT2D eigenvalue weighted by Crippen LogP contribution is -2.49. The predicted octanol–water partition coefficient (Wildman–Crippen LogP) is 2.03. The van der Waals surface area contributed by atoms with Crippen molar-refractivity contribution in [3.63, 3.8) is 0 Å². The lowest BCUT2D eigenvalue weighted by atomic mass is 10.2. The van der Waals surface area contributed by atoms with Crippen molar-refractivity contribution >= 4 is 6.08 Å². The van der Waals surface area contributed by atoms with Gasteiger partial charge in [-0.25, -0.2) is 0 Å². The van der Waals surface area contributed by atoms with Crippen LogP contribution in [0.2, 0.25) is 0 Å². The van der Waals surface area contributed by atoms with E-state index in [-0.39, 0.29) is 0 Å². The maximum absolute atomic E-state index is 5.19. The summed E-state index contributed by atoms with van der Waals surface area (Å²) < 4.78 is 5.19. The van der Waals surface area contributed by atoms with Crippen LogP contribution in [0.4, 0.5) is 0 Å². The van der Waals surface area contributed by atoms with Gasteiger partial charge >= 0.3 is 0 Å². The minimum Gasteiger partial charge on any atom is -0.497 e. The molecule has 0 N–H and O–H groups in total. The molecular weight excluding hydrogens is 286 g/mol. The first-order chi connectivity index (χ1) is 11.2. The Labute approximate surface area is 140 Å². The Kier molecular flexibility index (Phi) is 5.70. The van der Waals surface area contributed by atoms with E-state index in [0.717, 1.165) is 18.3 Å². The molecule has 0 aromatic heterocycles. The molecule has 4 nitrogen and oxygen atoms in total. The molecule has 0 radical (unpaired) electrons. The second-order valence-electron chi connectivity index (χ2n) is 6.72. The van der Waals surface area contributed by atoms with Gasteiger partial charge in [0.15, 0.2) is 0 Å². The number of nitrogens with zero attached hydrogens (tertiary/aromatic N) is 3. The molecule has 1 aromatic carbocycles. The summed E-state index contributed by atoms with van der Waals surface area (Å²) in [5, 5.41) is 0. The molecule has 23 heavy (non-hydrogen) atoms. The highest BCUT2D eigenvalue weighted by Gasteiger charge is 2.28. The van der Waals surface area contributed by atoms with Gasteiger partial charge in [-0.3, -0.25) is 9.80 Å². The van der Waals surface area contributed by atoms with Crippen LogP contribution in [0, 0.1) is 0 Å². The molecule has 2 aliphatic rings. The highest BCUT2D eigenvalue weighted by atomic mass is 16.5. The zero-order valence-electron chi connectivity index (χ0n) is 14.4. The van der Waals surface area contributed by atoms with Crippen molar-refractivity contribution < 1.29 is 4.74 Å². The second kappa shape index (κ2) is 7.95. The fourth-order valence-corrected chi connectivity index (χ4v) is 3.52. The fraction of sp³-hybridized carbons (Fsp3) is 0.579. The van der Waals surface area contributed by atoms with Crippen LogP contribution in [0.3, 0.4) is 0 Å². The van der Waals surface area contributed by atoms with Crippen LogP contribution in [0.1, 0.15) is 12.0 Å². The summed E-state index contributed by atoms with van der Waals surface area (Å²) in [4.78, 5) is 7.69. The highest BCUT2D eigenvalue weighted by Crippen LogP contribution is 2.17. The average molecular weight is 315 g/mol. The third-order valence-electron chi connectivity index (χ3n) is 5.09. The lowest BCUT2D eigenvalue weighted by Gasteiger charge is -2.36. The topological polar surface area (TPSA) is 19.0 Å². The first-order valence-electron chi connectivity index (χ1n) is 8.70. The highest BCUT2D eigenvalue weighted by molar-refractivity contribution is 5.50. The Hall–Kier alpha value is -1.36. The van der Waals surface area contributed by atoms with Gasteiger partial charge in [-0.15, -0.1) is 0 Å². The minimum absolute atomic E-state index is 0.762. The number of hydrogen-bond acceptors (Lipinski definition) is 4. The van der Waals surface area contributed by atoms with Gasteiger partial charge in [-0.05, 0) is 31.2 Å². The van der Waals surface area contributed by atoms with Gasteiger partial charge in [0.25, 0.3) is 0 Å². The zero-order valence-corrected chi connectivity index (χ0v) is 14.4. The largest absolute Gasteiger partial charge is 0.497 e. The molecule has 2 saturated heterocycles.